The molecule has 1 amide bonds. The number of hydrogen-bond acceptors (Lipinski definition) is 6. The van der Waals surface area contributed by atoms with E-state index in [4.69, 9.17) is 4.74 Å². The fourth-order valence-electron chi connectivity index (χ4n) is 2.35. The molecule has 0 bridgehead atoms. The molecular formula is C16H24N4O3. The third-order valence-electron chi connectivity index (χ3n) is 3.86. The van der Waals surface area contributed by atoms with Gasteiger partial charge in [0.05, 0.1) is 13.3 Å². The first-order valence-corrected chi connectivity index (χ1v) is 7.68. The summed E-state index contributed by atoms with van der Waals surface area (Å²) in [5, 5.41) is 13.6. The van der Waals surface area contributed by atoms with E-state index >= 15 is 0 Å². The number of piperazine rings is 1. The molecule has 0 saturated carbocycles. The number of ether oxygens (including phenoxy) is 1. The number of methoxy groups -OCH3 is 1. The first kappa shape index (κ1) is 17.2. The fraction of sp³-hybridized carbons (Fsp3) is 0.500. The van der Waals surface area contributed by atoms with Crippen LogP contribution < -0.4 is 10.2 Å². The van der Waals surface area contributed by atoms with Gasteiger partial charge < -0.3 is 19.6 Å². The number of carbonyl (C=O) groups excluding carboxylic acids is 1. The minimum atomic E-state index is -0.113. The van der Waals surface area contributed by atoms with E-state index in [1.54, 1.807) is 12.1 Å². The normalized spacial score (nSPS) is 16.6. The van der Waals surface area contributed by atoms with E-state index in [0.29, 0.717) is 17.7 Å². The number of benzene rings is 1. The number of nitrogens with one attached hydrogen (secondary N) is 1. The van der Waals surface area contributed by atoms with E-state index in [1.807, 2.05) is 0 Å². The molecule has 1 aromatic carbocycles. The van der Waals surface area contributed by atoms with Crippen molar-refractivity contribution in [2.75, 3.05) is 46.9 Å². The number of aromatic hydroxyl groups is 1. The molecule has 23 heavy (non-hydrogen) atoms. The summed E-state index contributed by atoms with van der Waals surface area (Å²) < 4.78 is 4.97. The second kappa shape index (κ2) is 8.50. The van der Waals surface area contributed by atoms with Gasteiger partial charge in [0.1, 0.15) is 0 Å². The van der Waals surface area contributed by atoms with Gasteiger partial charge in [0.2, 0.25) is 5.91 Å². The Hall–Kier alpha value is -2.12. The van der Waals surface area contributed by atoms with Crippen LogP contribution in [0.1, 0.15) is 12.0 Å². The van der Waals surface area contributed by atoms with Gasteiger partial charge in [0, 0.05) is 39.1 Å². The minimum Gasteiger partial charge on any atom is -0.504 e. The van der Waals surface area contributed by atoms with Crippen molar-refractivity contribution in [1.29, 1.82) is 0 Å². The fourth-order valence-corrected chi connectivity index (χ4v) is 2.35. The molecule has 1 heterocycles. The van der Waals surface area contributed by atoms with Crippen molar-refractivity contribution in [2.24, 2.45) is 5.10 Å². The highest BCUT2D eigenvalue weighted by Crippen LogP contribution is 2.25. The molecule has 1 saturated heterocycles. The molecule has 7 nitrogen and oxygen atoms in total. The third kappa shape index (κ3) is 5.54. The molecule has 0 unspecified atom stereocenters. The first-order valence-electron chi connectivity index (χ1n) is 7.68. The molecule has 0 aromatic heterocycles. The molecule has 2 N–H and O–H groups in total. The van der Waals surface area contributed by atoms with Crippen molar-refractivity contribution in [1.82, 2.24) is 15.2 Å². The maximum Gasteiger partial charge on any atom is 0.241 e. The average Bonchev–Trinajstić information content (AvgIpc) is 2.54. The number of nitrogens with zero attached hydrogens (tertiary/aromatic N) is 3. The zero-order valence-corrected chi connectivity index (χ0v) is 13.7. The summed E-state index contributed by atoms with van der Waals surface area (Å²) in [6.07, 6.45) is 1.92. The number of hydrogen-bond donors (Lipinski definition) is 2. The van der Waals surface area contributed by atoms with Crippen LogP contribution in [0.15, 0.2) is 23.3 Å². The summed E-state index contributed by atoms with van der Waals surface area (Å²) in [6, 6.07) is 4.92. The number of phenols is 1. The maximum atomic E-state index is 11.8. The predicted molar refractivity (Wildman–Crippen MR) is 88.9 cm³/mol. The molecule has 1 aromatic rings. The Morgan fingerprint density at radius 3 is 2.78 bits per heavy atom. The number of likely N-dealkylation sites (N-methyl/N-ethyl adjacent to an activating group) is 1. The topological polar surface area (TPSA) is 77.4 Å². The van der Waals surface area contributed by atoms with Crippen molar-refractivity contribution in [3.63, 3.8) is 0 Å². The van der Waals surface area contributed by atoms with E-state index < -0.39 is 0 Å². The molecule has 0 spiro atoms. The first-order chi connectivity index (χ1) is 11.1. The van der Waals surface area contributed by atoms with E-state index in [1.165, 1.54) is 19.4 Å². The van der Waals surface area contributed by atoms with Gasteiger partial charge in [-0.3, -0.25) is 4.79 Å². The zero-order valence-electron chi connectivity index (χ0n) is 13.7. The van der Waals surface area contributed by atoms with Crippen molar-refractivity contribution < 1.29 is 14.6 Å². The molecule has 126 valence electrons. The van der Waals surface area contributed by atoms with Gasteiger partial charge in [0.15, 0.2) is 11.5 Å². The summed E-state index contributed by atoms with van der Waals surface area (Å²) >= 11 is 0. The van der Waals surface area contributed by atoms with Gasteiger partial charge in [-0.2, -0.15) is 5.10 Å². The Kier molecular flexibility index (Phi) is 6.37. The summed E-state index contributed by atoms with van der Waals surface area (Å²) in [5.41, 5.74) is 3.19. The Morgan fingerprint density at radius 1 is 1.39 bits per heavy atom. The van der Waals surface area contributed by atoms with Gasteiger partial charge >= 0.3 is 0 Å². The second-order valence-electron chi connectivity index (χ2n) is 5.62. The average molecular weight is 320 g/mol. The second-order valence-corrected chi connectivity index (χ2v) is 5.62. The van der Waals surface area contributed by atoms with E-state index in [9.17, 15) is 9.90 Å². The lowest BCUT2D eigenvalue weighted by Gasteiger charge is -2.32. The summed E-state index contributed by atoms with van der Waals surface area (Å²) in [7, 11) is 3.60. The Bertz CT molecular complexity index is 554. The Morgan fingerprint density at radius 2 is 2.13 bits per heavy atom. The van der Waals surface area contributed by atoms with Crippen molar-refractivity contribution in [3.8, 4) is 11.5 Å². The van der Waals surface area contributed by atoms with Crippen LogP contribution in [0.4, 0.5) is 0 Å². The Labute approximate surface area is 136 Å². The van der Waals surface area contributed by atoms with Crippen LogP contribution >= 0.6 is 0 Å². The highest BCUT2D eigenvalue weighted by molar-refractivity contribution is 5.83. The predicted octanol–water partition coefficient (Wildman–Crippen LogP) is 0.488. The van der Waals surface area contributed by atoms with Crippen LogP contribution in [0.2, 0.25) is 0 Å². The van der Waals surface area contributed by atoms with Crippen LogP contribution in [0.5, 0.6) is 11.5 Å². The summed E-state index contributed by atoms with van der Waals surface area (Å²) in [4.78, 5) is 16.3. The maximum absolute atomic E-state index is 11.8. The van der Waals surface area contributed by atoms with Crippen molar-refractivity contribution in [3.05, 3.63) is 23.8 Å². The van der Waals surface area contributed by atoms with Crippen LogP contribution in [0.3, 0.4) is 0 Å². The largest absolute Gasteiger partial charge is 0.504 e. The number of rotatable bonds is 6. The zero-order chi connectivity index (χ0) is 16.7. The lowest BCUT2D eigenvalue weighted by molar-refractivity contribution is -0.121. The molecule has 1 fully saturated rings. The van der Waals surface area contributed by atoms with Gasteiger partial charge in [-0.15, -0.1) is 0 Å². The quantitative estimate of drug-likeness (QED) is 0.589. The van der Waals surface area contributed by atoms with Crippen molar-refractivity contribution in [2.45, 2.75) is 6.42 Å². The van der Waals surface area contributed by atoms with Crippen LogP contribution in [0.25, 0.3) is 0 Å². The number of amides is 1. The molecule has 1 aliphatic rings. The van der Waals surface area contributed by atoms with E-state index in [-0.39, 0.29) is 11.7 Å². The monoisotopic (exact) mass is 320 g/mol. The van der Waals surface area contributed by atoms with Gasteiger partial charge in [0.25, 0.3) is 0 Å². The van der Waals surface area contributed by atoms with Crippen LogP contribution in [-0.4, -0.2) is 73.9 Å². The highest BCUT2D eigenvalue weighted by Gasteiger charge is 2.14. The summed E-state index contributed by atoms with van der Waals surface area (Å²) in [6.45, 7) is 4.83. The number of phenolic OH excluding ortho intramolecular Hbond substituents is 1. The van der Waals surface area contributed by atoms with E-state index in [0.717, 1.165) is 32.7 Å². The number of hydrazone groups is 1. The van der Waals surface area contributed by atoms with Crippen LogP contribution in [-0.2, 0) is 4.79 Å². The smallest absolute Gasteiger partial charge is 0.241 e. The Balaban J connectivity index is 1.72. The van der Waals surface area contributed by atoms with Gasteiger partial charge in [-0.1, -0.05) is 0 Å². The van der Waals surface area contributed by atoms with Crippen molar-refractivity contribution >= 4 is 12.1 Å². The molecule has 0 radical (unpaired) electrons. The SMILES string of the molecule is COc1ccc(/C=N/NC(=O)CCN2CCN(C)CC2)cc1O. The standard InChI is InChI=1S/C16H24N4O3/c1-19-7-9-20(10-8-19)6-5-16(22)18-17-12-13-3-4-15(23-2)14(21)11-13/h3-4,11-12,21H,5-10H2,1-2H3,(H,18,22)/b17-12+. The third-order valence-corrected chi connectivity index (χ3v) is 3.86. The van der Waals surface area contributed by atoms with E-state index in [2.05, 4.69) is 27.4 Å². The highest BCUT2D eigenvalue weighted by atomic mass is 16.5. The molecule has 0 aliphatic carbocycles. The molecular weight excluding hydrogens is 296 g/mol. The lowest BCUT2D eigenvalue weighted by atomic mass is 10.2. The molecule has 7 heteroatoms. The molecule has 1 aliphatic heterocycles. The van der Waals surface area contributed by atoms with Gasteiger partial charge in [-0.25, -0.2) is 5.43 Å². The van der Waals surface area contributed by atoms with Crippen LogP contribution in [0, 0.1) is 0 Å². The molecule has 0 atom stereocenters. The minimum absolute atomic E-state index is 0.0397. The van der Waals surface area contributed by atoms with Gasteiger partial charge in [-0.05, 0) is 30.8 Å². The number of carbonyl (C=O) groups is 1. The molecule has 2 rings (SSSR count). The summed E-state index contributed by atoms with van der Waals surface area (Å²) in [5.74, 6) is 0.328. The lowest BCUT2D eigenvalue weighted by Crippen LogP contribution is -2.45.